The molecule has 6 nitrogen and oxygen atoms in total. The summed E-state index contributed by atoms with van der Waals surface area (Å²) in [5, 5.41) is 11.5. The highest BCUT2D eigenvalue weighted by atomic mass is 35.5. The van der Waals surface area contributed by atoms with Crippen molar-refractivity contribution in [1.29, 1.82) is 5.26 Å². The normalized spacial score (nSPS) is 9.78. The number of nitrogens with zero attached hydrogens (tertiary/aromatic N) is 2. The van der Waals surface area contributed by atoms with Gasteiger partial charge in [0.1, 0.15) is 5.15 Å². The van der Waals surface area contributed by atoms with Crippen molar-refractivity contribution < 1.29 is 14.3 Å². The number of ether oxygens (including phenoxy) is 1. The summed E-state index contributed by atoms with van der Waals surface area (Å²) < 4.78 is 4.86. The monoisotopic (exact) mass is 349 g/mol. The van der Waals surface area contributed by atoms with E-state index in [0.717, 1.165) is 0 Å². The molecule has 0 aliphatic heterocycles. The lowest BCUT2D eigenvalue weighted by Crippen LogP contribution is -2.21. The molecule has 0 spiro atoms. The third-order valence-corrected chi connectivity index (χ3v) is 3.33. The summed E-state index contributed by atoms with van der Waals surface area (Å²) in [5.41, 5.74) is 0.918. The number of halogens is 2. The van der Waals surface area contributed by atoms with Crippen LogP contribution in [0.1, 0.15) is 15.9 Å². The molecule has 1 aromatic heterocycles. The zero-order valence-electron chi connectivity index (χ0n) is 11.5. The summed E-state index contributed by atoms with van der Waals surface area (Å²) in [6.45, 7) is -0.490. The van der Waals surface area contributed by atoms with Crippen LogP contribution in [0.3, 0.4) is 0 Å². The second-order valence-corrected chi connectivity index (χ2v) is 5.08. The summed E-state index contributed by atoms with van der Waals surface area (Å²) in [6, 6.07) is 9.60. The van der Waals surface area contributed by atoms with E-state index in [2.05, 4.69) is 10.3 Å². The predicted octanol–water partition coefficient (Wildman–Crippen LogP) is 3.06. The van der Waals surface area contributed by atoms with E-state index in [9.17, 15) is 9.59 Å². The minimum Gasteiger partial charge on any atom is -0.452 e. The van der Waals surface area contributed by atoms with Crippen LogP contribution in [0.15, 0.2) is 36.5 Å². The number of carbonyl (C=O) groups excluding carboxylic acids is 2. The van der Waals surface area contributed by atoms with E-state index < -0.39 is 18.5 Å². The van der Waals surface area contributed by atoms with Crippen LogP contribution in [-0.4, -0.2) is 23.5 Å². The highest BCUT2D eigenvalue weighted by Gasteiger charge is 2.13. The van der Waals surface area contributed by atoms with Crippen LogP contribution < -0.4 is 5.32 Å². The molecule has 0 bridgehead atoms. The minimum absolute atomic E-state index is 0.0679. The zero-order chi connectivity index (χ0) is 16.8. The number of benzene rings is 1. The van der Waals surface area contributed by atoms with Crippen molar-refractivity contribution in [3.05, 3.63) is 57.8 Å². The number of amides is 1. The maximum absolute atomic E-state index is 11.8. The van der Waals surface area contributed by atoms with Crippen molar-refractivity contribution in [3.63, 3.8) is 0 Å². The van der Waals surface area contributed by atoms with Crippen LogP contribution in [0.2, 0.25) is 10.2 Å². The lowest BCUT2D eigenvalue weighted by atomic mass is 10.2. The number of hydrogen-bond donors (Lipinski definition) is 1. The van der Waals surface area contributed by atoms with Gasteiger partial charge >= 0.3 is 5.97 Å². The Kier molecular flexibility index (Phi) is 5.52. The molecule has 2 rings (SSSR count). The maximum atomic E-state index is 11.8. The Morgan fingerprint density at radius 3 is 2.78 bits per heavy atom. The van der Waals surface area contributed by atoms with Gasteiger partial charge < -0.3 is 10.1 Å². The van der Waals surface area contributed by atoms with Crippen LogP contribution >= 0.6 is 23.2 Å². The summed E-state index contributed by atoms with van der Waals surface area (Å²) in [4.78, 5) is 27.2. The molecule has 0 aliphatic rings. The quantitative estimate of drug-likeness (QED) is 0.676. The Balaban J connectivity index is 1.92. The molecule has 0 fully saturated rings. The van der Waals surface area contributed by atoms with Crippen molar-refractivity contribution >= 4 is 40.8 Å². The molecule has 0 radical (unpaired) electrons. The van der Waals surface area contributed by atoms with Crippen molar-refractivity contribution in [2.75, 3.05) is 11.9 Å². The zero-order valence-corrected chi connectivity index (χ0v) is 13.1. The van der Waals surface area contributed by atoms with E-state index in [4.69, 9.17) is 33.2 Å². The van der Waals surface area contributed by atoms with Crippen LogP contribution in [0.25, 0.3) is 0 Å². The van der Waals surface area contributed by atoms with E-state index in [-0.39, 0.29) is 15.7 Å². The lowest BCUT2D eigenvalue weighted by Gasteiger charge is -2.07. The molecule has 0 atom stereocenters. The van der Waals surface area contributed by atoms with Crippen molar-refractivity contribution in [2.45, 2.75) is 0 Å². The lowest BCUT2D eigenvalue weighted by molar-refractivity contribution is -0.119. The number of nitriles is 1. The number of carbonyl (C=O) groups is 2. The Bertz CT molecular complexity index is 803. The van der Waals surface area contributed by atoms with Crippen LogP contribution in [0.5, 0.6) is 0 Å². The third-order valence-electron chi connectivity index (χ3n) is 2.64. The first-order valence-corrected chi connectivity index (χ1v) is 7.03. The van der Waals surface area contributed by atoms with Gasteiger partial charge in [0.2, 0.25) is 0 Å². The molecule has 0 unspecified atom stereocenters. The molecular formula is C15H9Cl2N3O3. The Morgan fingerprint density at radius 1 is 1.30 bits per heavy atom. The Morgan fingerprint density at radius 2 is 2.09 bits per heavy atom. The number of aromatic nitrogens is 1. The highest BCUT2D eigenvalue weighted by molar-refractivity contribution is 6.41. The SMILES string of the molecule is N#Cc1cccc(NC(=O)COC(=O)c2cnc(Cl)c(Cl)c2)c1. The van der Waals surface area contributed by atoms with Gasteiger partial charge in [0.05, 0.1) is 22.2 Å². The van der Waals surface area contributed by atoms with Gasteiger partial charge in [-0.2, -0.15) is 5.26 Å². The molecule has 2 aromatic rings. The molecule has 1 amide bonds. The van der Waals surface area contributed by atoms with E-state index in [1.165, 1.54) is 18.3 Å². The van der Waals surface area contributed by atoms with Crippen molar-refractivity contribution in [1.82, 2.24) is 4.98 Å². The van der Waals surface area contributed by atoms with E-state index in [0.29, 0.717) is 11.3 Å². The summed E-state index contributed by atoms with van der Waals surface area (Å²) in [6.07, 6.45) is 1.20. The van der Waals surface area contributed by atoms with Crippen molar-refractivity contribution in [2.24, 2.45) is 0 Å². The molecule has 23 heavy (non-hydrogen) atoms. The number of anilines is 1. The predicted molar refractivity (Wildman–Crippen MR) is 84.3 cm³/mol. The molecule has 0 saturated heterocycles. The van der Waals surface area contributed by atoms with Crippen LogP contribution in [0.4, 0.5) is 5.69 Å². The van der Waals surface area contributed by atoms with Gasteiger partial charge in [-0.3, -0.25) is 4.79 Å². The first-order valence-electron chi connectivity index (χ1n) is 6.28. The van der Waals surface area contributed by atoms with E-state index in [1.807, 2.05) is 6.07 Å². The van der Waals surface area contributed by atoms with E-state index in [1.54, 1.807) is 18.2 Å². The summed E-state index contributed by atoms with van der Waals surface area (Å²) in [7, 11) is 0. The van der Waals surface area contributed by atoms with Crippen molar-refractivity contribution in [3.8, 4) is 6.07 Å². The van der Waals surface area contributed by atoms with Crippen LogP contribution in [-0.2, 0) is 9.53 Å². The number of hydrogen-bond acceptors (Lipinski definition) is 5. The number of pyridine rings is 1. The molecular weight excluding hydrogens is 341 g/mol. The molecule has 1 heterocycles. The molecule has 1 aromatic carbocycles. The summed E-state index contributed by atoms with van der Waals surface area (Å²) >= 11 is 11.4. The minimum atomic E-state index is -0.753. The second-order valence-electron chi connectivity index (χ2n) is 4.31. The standard InChI is InChI=1S/C15H9Cl2N3O3/c16-12-5-10(7-19-14(12)17)15(22)23-8-13(21)20-11-3-1-2-9(4-11)6-18/h1-5,7H,8H2,(H,20,21). The highest BCUT2D eigenvalue weighted by Crippen LogP contribution is 2.20. The fourth-order valence-corrected chi connectivity index (χ4v) is 1.88. The molecule has 116 valence electrons. The maximum Gasteiger partial charge on any atom is 0.340 e. The third kappa shape index (κ3) is 4.68. The fourth-order valence-electron chi connectivity index (χ4n) is 1.61. The smallest absolute Gasteiger partial charge is 0.340 e. The van der Waals surface area contributed by atoms with Gasteiger partial charge in [-0.1, -0.05) is 29.3 Å². The number of nitrogens with one attached hydrogen (secondary N) is 1. The fraction of sp³-hybridized carbons (Fsp3) is 0.0667. The first kappa shape index (κ1) is 16.7. The van der Waals surface area contributed by atoms with Gasteiger partial charge in [0, 0.05) is 11.9 Å². The topological polar surface area (TPSA) is 92.1 Å². The first-order chi connectivity index (χ1) is 11.0. The van der Waals surface area contributed by atoms with Crippen LogP contribution in [0, 0.1) is 11.3 Å². The summed E-state index contributed by atoms with van der Waals surface area (Å²) in [5.74, 6) is -1.29. The largest absolute Gasteiger partial charge is 0.452 e. The van der Waals surface area contributed by atoms with Gasteiger partial charge in [-0.15, -0.1) is 0 Å². The Labute approximate surface area is 141 Å². The number of esters is 1. The average molecular weight is 350 g/mol. The number of rotatable bonds is 4. The molecule has 8 heteroatoms. The van der Waals surface area contributed by atoms with Gasteiger partial charge in [-0.05, 0) is 24.3 Å². The molecule has 0 aliphatic carbocycles. The second kappa shape index (κ2) is 7.58. The average Bonchev–Trinajstić information content (AvgIpc) is 2.55. The molecule has 0 saturated carbocycles. The van der Waals surface area contributed by atoms with Gasteiger partial charge in [0.15, 0.2) is 6.61 Å². The van der Waals surface area contributed by atoms with Gasteiger partial charge in [0.25, 0.3) is 5.91 Å². The Hall–Kier alpha value is -2.62. The van der Waals surface area contributed by atoms with Gasteiger partial charge in [-0.25, -0.2) is 9.78 Å². The molecule has 1 N–H and O–H groups in total. The van der Waals surface area contributed by atoms with E-state index >= 15 is 0 Å².